The van der Waals surface area contributed by atoms with Crippen molar-refractivity contribution in [2.45, 2.75) is 45.6 Å². The fraction of sp³-hybridized carbons (Fsp3) is 1.00. The molecule has 0 fully saturated rings. The summed E-state index contributed by atoms with van der Waals surface area (Å²) in [6, 6.07) is 0. The van der Waals surface area contributed by atoms with Crippen molar-refractivity contribution in [2.24, 2.45) is 5.73 Å². The van der Waals surface area contributed by atoms with Crippen LogP contribution in [0, 0.1) is 0 Å². The molecule has 0 saturated heterocycles. The quantitative estimate of drug-likeness (QED) is 0.628. The summed E-state index contributed by atoms with van der Waals surface area (Å²) in [4.78, 5) is 0. The van der Waals surface area contributed by atoms with E-state index in [-0.39, 0.29) is 5.54 Å². The van der Waals surface area contributed by atoms with Crippen LogP contribution in [0.25, 0.3) is 0 Å². The van der Waals surface area contributed by atoms with Gasteiger partial charge in [0.05, 0.1) is 0 Å². The molecule has 0 spiro atoms. The average Bonchev–Trinajstić information content (AvgIpc) is 1.99. The second-order valence-corrected chi connectivity index (χ2v) is 4.70. The van der Waals surface area contributed by atoms with Gasteiger partial charge in [-0.25, -0.2) is 0 Å². The van der Waals surface area contributed by atoms with Gasteiger partial charge in [0.15, 0.2) is 0 Å². The van der Waals surface area contributed by atoms with Crippen LogP contribution in [0.3, 0.4) is 0 Å². The third-order valence-electron chi connectivity index (χ3n) is 2.05. The number of hydrogen-bond donors (Lipinski definition) is 1. The van der Waals surface area contributed by atoms with E-state index in [1.807, 2.05) is 11.8 Å². The molecule has 0 saturated carbocycles. The molecule has 68 valence electrons. The molecule has 0 aliphatic heterocycles. The molecule has 0 rings (SSSR count). The number of thioether (sulfide) groups is 1. The highest BCUT2D eigenvalue weighted by Gasteiger charge is 2.13. The predicted octanol–water partition coefficient (Wildman–Crippen LogP) is 2.65. The zero-order valence-corrected chi connectivity index (χ0v) is 8.84. The lowest BCUT2D eigenvalue weighted by Gasteiger charge is -2.22. The first-order chi connectivity index (χ1) is 5.12. The van der Waals surface area contributed by atoms with E-state index in [0.717, 1.165) is 12.8 Å². The number of rotatable bonds is 6. The third kappa shape index (κ3) is 6.70. The van der Waals surface area contributed by atoms with E-state index < -0.39 is 0 Å². The Balaban J connectivity index is 3.23. The Morgan fingerprint density at radius 3 is 2.45 bits per heavy atom. The Morgan fingerprint density at radius 1 is 1.36 bits per heavy atom. The van der Waals surface area contributed by atoms with Gasteiger partial charge < -0.3 is 5.73 Å². The van der Waals surface area contributed by atoms with Crippen molar-refractivity contribution in [1.82, 2.24) is 0 Å². The summed E-state index contributed by atoms with van der Waals surface area (Å²) in [7, 11) is 0. The predicted molar refractivity (Wildman–Crippen MR) is 55.1 cm³/mol. The van der Waals surface area contributed by atoms with E-state index in [1.165, 1.54) is 17.9 Å². The monoisotopic (exact) mass is 175 g/mol. The summed E-state index contributed by atoms with van der Waals surface area (Å²) in [6.45, 7) is 6.50. The minimum Gasteiger partial charge on any atom is -0.325 e. The minimum absolute atomic E-state index is 0.0777. The largest absolute Gasteiger partial charge is 0.325 e. The summed E-state index contributed by atoms with van der Waals surface area (Å²) in [6.07, 6.45) is 3.51. The molecular weight excluding hydrogens is 154 g/mol. The Labute approximate surface area is 75.1 Å². The van der Waals surface area contributed by atoms with Gasteiger partial charge in [-0.3, -0.25) is 0 Å². The van der Waals surface area contributed by atoms with Crippen LogP contribution < -0.4 is 5.73 Å². The van der Waals surface area contributed by atoms with Crippen molar-refractivity contribution in [3.8, 4) is 0 Å². The highest BCUT2D eigenvalue weighted by molar-refractivity contribution is 7.99. The molecule has 2 N–H and O–H groups in total. The summed E-state index contributed by atoms with van der Waals surface area (Å²) >= 11 is 2.00. The fourth-order valence-electron chi connectivity index (χ4n) is 0.899. The topological polar surface area (TPSA) is 26.0 Å². The standard InChI is InChI=1S/C9H21NS/c1-4-9(3,10)7-6-8-11-5-2/h4-8,10H2,1-3H3. The molecule has 0 aliphatic carbocycles. The molecule has 0 radical (unpaired) electrons. The molecule has 0 aromatic rings. The molecule has 11 heavy (non-hydrogen) atoms. The molecule has 0 bridgehead atoms. The van der Waals surface area contributed by atoms with Crippen LogP contribution in [-0.4, -0.2) is 17.0 Å². The van der Waals surface area contributed by atoms with Crippen LogP contribution in [-0.2, 0) is 0 Å². The van der Waals surface area contributed by atoms with Crippen LogP contribution >= 0.6 is 11.8 Å². The molecule has 0 aromatic heterocycles. The molecule has 1 atom stereocenters. The van der Waals surface area contributed by atoms with E-state index in [0.29, 0.717) is 0 Å². The van der Waals surface area contributed by atoms with Gasteiger partial charge in [0.2, 0.25) is 0 Å². The van der Waals surface area contributed by atoms with Crippen LogP contribution in [0.1, 0.15) is 40.0 Å². The summed E-state index contributed by atoms with van der Waals surface area (Å²) in [5, 5.41) is 0. The Morgan fingerprint density at radius 2 is 2.00 bits per heavy atom. The molecular formula is C9H21NS. The smallest absolute Gasteiger partial charge is 0.0123 e. The van der Waals surface area contributed by atoms with E-state index in [4.69, 9.17) is 5.73 Å². The maximum Gasteiger partial charge on any atom is 0.0123 e. The molecule has 0 aromatic carbocycles. The van der Waals surface area contributed by atoms with E-state index in [9.17, 15) is 0 Å². The zero-order valence-electron chi connectivity index (χ0n) is 8.02. The highest BCUT2D eigenvalue weighted by Crippen LogP contribution is 2.14. The Hall–Kier alpha value is 0.310. The lowest BCUT2D eigenvalue weighted by atomic mass is 9.95. The molecule has 0 amide bonds. The second kappa shape index (κ2) is 5.90. The fourth-order valence-corrected chi connectivity index (χ4v) is 1.54. The zero-order chi connectivity index (χ0) is 8.74. The highest BCUT2D eigenvalue weighted by atomic mass is 32.2. The SMILES string of the molecule is CCSCCCC(C)(N)CC. The van der Waals surface area contributed by atoms with Crippen LogP contribution in [0.5, 0.6) is 0 Å². The Bertz CT molecular complexity index is 91.6. The van der Waals surface area contributed by atoms with Crippen LogP contribution in [0.2, 0.25) is 0 Å². The van der Waals surface area contributed by atoms with Crippen LogP contribution in [0.15, 0.2) is 0 Å². The Kier molecular flexibility index (Phi) is 6.06. The van der Waals surface area contributed by atoms with Gasteiger partial charge in [-0.1, -0.05) is 13.8 Å². The molecule has 2 heteroatoms. The summed E-state index contributed by atoms with van der Waals surface area (Å²) in [5.41, 5.74) is 6.07. The van der Waals surface area contributed by atoms with Crippen molar-refractivity contribution in [3.05, 3.63) is 0 Å². The van der Waals surface area contributed by atoms with Crippen molar-refractivity contribution in [3.63, 3.8) is 0 Å². The van der Waals surface area contributed by atoms with Gasteiger partial charge in [0.1, 0.15) is 0 Å². The average molecular weight is 175 g/mol. The van der Waals surface area contributed by atoms with Gasteiger partial charge >= 0.3 is 0 Å². The van der Waals surface area contributed by atoms with Crippen molar-refractivity contribution in [2.75, 3.05) is 11.5 Å². The lowest BCUT2D eigenvalue weighted by Crippen LogP contribution is -2.35. The molecule has 0 aliphatic rings. The van der Waals surface area contributed by atoms with Gasteiger partial charge in [0, 0.05) is 5.54 Å². The molecule has 1 unspecified atom stereocenters. The maximum atomic E-state index is 5.99. The lowest BCUT2D eigenvalue weighted by molar-refractivity contribution is 0.415. The molecule has 0 heterocycles. The first kappa shape index (κ1) is 11.3. The van der Waals surface area contributed by atoms with Crippen LogP contribution in [0.4, 0.5) is 0 Å². The second-order valence-electron chi connectivity index (χ2n) is 3.31. The van der Waals surface area contributed by atoms with Crippen molar-refractivity contribution >= 4 is 11.8 Å². The normalized spacial score (nSPS) is 16.4. The van der Waals surface area contributed by atoms with E-state index in [2.05, 4.69) is 20.8 Å². The van der Waals surface area contributed by atoms with Crippen molar-refractivity contribution < 1.29 is 0 Å². The third-order valence-corrected chi connectivity index (χ3v) is 3.03. The van der Waals surface area contributed by atoms with Gasteiger partial charge in [-0.05, 0) is 37.7 Å². The van der Waals surface area contributed by atoms with E-state index in [1.54, 1.807) is 0 Å². The maximum absolute atomic E-state index is 5.99. The van der Waals surface area contributed by atoms with Gasteiger partial charge in [-0.15, -0.1) is 0 Å². The first-order valence-electron chi connectivity index (χ1n) is 4.49. The van der Waals surface area contributed by atoms with Gasteiger partial charge in [0.25, 0.3) is 0 Å². The molecule has 1 nitrogen and oxygen atoms in total. The first-order valence-corrected chi connectivity index (χ1v) is 5.64. The van der Waals surface area contributed by atoms with Crippen molar-refractivity contribution in [1.29, 1.82) is 0 Å². The van der Waals surface area contributed by atoms with E-state index >= 15 is 0 Å². The number of hydrogen-bond acceptors (Lipinski definition) is 2. The summed E-state index contributed by atoms with van der Waals surface area (Å²) < 4.78 is 0. The summed E-state index contributed by atoms with van der Waals surface area (Å²) in [5.74, 6) is 2.50. The number of nitrogens with two attached hydrogens (primary N) is 1. The van der Waals surface area contributed by atoms with Gasteiger partial charge in [-0.2, -0.15) is 11.8 Å². The minimum atomic E-state index is 0.0777.